The predicted molar refractivity (Wildman–Crippen MR) is 195 cm³/mol. The molecule has 0 aliphatic carbocycles. The molecular formula is C37H43N9O5. The van der Waals surface area contributed by atoms with Gasteiger partial charge < -0.3 is 48.2 Å². The maximum atomic E-state index is 14.1. The number of nitrogens with two attached hydrogens (primary N) is 3. The van der Waals surface area contributed by atoms with Crippen LogP contribution in [0, 0.1) is 0 Å². The van der Waals surface area contributed by atoms with Gasteiger partial charge >= 0.3 is 5.97 Å². The van der Waals surface area contributed by atoms with Gasteiger partial charge in [-0.15, -0.1) is 0 Å². The lowest BCUT2D eigenvalue weighted by molar-refractivity contribution is -0.142. The van der Waals surface area contributed by atoms with Crippen molar-refractivity contribution in [3.8, 4) is 0 Å². The van der Waals surface area contributed by atoms with Crippen LogP contribution in [0.4, 0.5) is 0 Å². The summed E-state index contributed by atoms with van der Waals surface area (Å²) >= 11 is 0. The molecule has 4 unspecified atom stereocenters. The third-order valence-corrected chi connectivity index (χ3v) is 8.66. The van der Waals surface area contributed by atoms with Crippen LogP contribution in [0.5, 0.6) is 0 Å². The number of para-hydroxylation sites is 2. The number of nitrogens with one attached hydrogen (secondary N) is 5. The van der Waals surface area contributed by atoms with Crippen LogP contribution in [-0.4, -0.2) is 75.4 Å². The number of H-pyrrole nitrogens is 2. The number of carboxylic acids is 1. The number of rotatable bonds is 17. The van der Waals surface area contributed by atoms with Crippen molar-refractivity contribution in [2.45, 2.75) is 56.3 Å². The van der Waals surface area contributed by atoms with Crippen molar-refractivity contribution in [2.24, 2.45) is 22.2 Å². The molecule has 3 aromatic carbocycles. The van der Waals surface area contributed by atoms with E-state index >= 15 is 0 Å². The number of hydrogen-bond acceptors (Lipinski definition) is 6. The summed E-state index contributed by atoms with van der Waals surface area (Å²) in [6.45, 7) is 0.170. The zero-order valence-corrected chi connectivity index (χ0v) is 28.0. The SMILES string of the molecule is NC(N)=NCCCC(NC(=O)C(Cc1c[nH]c2ccccc12)NC(=O)C(N)Cc1ccccc1)C(=O)NC(Cc1c[nH]c2ccccc12)C(=O)O. The summed E-state index contributed by atoms with van der Waals surface area (Å²) in [6.07, 6.45) is 4.17. The Kier molecular flexibility index (Phi) is 12.0. The summed E-state index contributed by atoms with van der Waals surface area (Å²) in [6, 6.07) is 19.7. The van der Waals surface area contributed by atoms with Crippen LogP contribution in [0.15, 0.2) is 96.2 Å². The molecule has 14 heteroatoms. The van der Waals surface area contributed by atoms with E-state index in [1.165, 1.54) is 0 Å². The molecule has 0 aliphatic heterocycles. The van der Waals surface area contributed by atoms with Gasteiger partial charge in [-0.1, -0.05) is 66.7 Å². The molecule has 0 saturated carbocycles. The second kappa shape index (κ2) is 17.0. The summed E-state index contributed by atoms with van der Waals surface area (Å²) in [5.41, 5.74) is 21.2. The molecule has 4 atom stereocenters. The van der Waals surface area contributed by atoms with E-state index in [0.29, 0.717) is 5.56 Å². The zero-order chi connectivity index (χ0) is 36.3. The Labute approximate surface area is 294 Å². The summed E-state index contributed by atoms with van der Waals surface area (Å²) in [5.74, 6) is -3.27. The Morgan fingerprint density at radius 3 is 1.76 bits per heavy atom. The fraction of sp³-hybridized carbons (Fsp3) is 0.270. The average Bonchev–Trinajstić information content (AvgIpc) is 3.73. The van der Waals surface area contributed by atoms with Crippen molar-refractivity contribution >= 4 is 51.5 Å². The van der Waals surface area contributed by atoms with E-state index in [9.17, 15) is 24.3 Å². The first kappa shape index (κ1) is 36.1. The van der Waals surface area contributed by atoms with Crippen LogP contribution in [0.1, 0.15) is 29.5 Å². The van der Waals surface area contributed by atoms with Gasteiger partial charge in [0.2, 0.25) is 17.7 Å². The molecule has 0 fully saturated rings. The van der Waals surface area contributed by atoms with Crippen molar-refractivity contribution < 1.29 is 24.3 Å². The van der Waals surface area contributed by atoms with Crippen LogP contribution in [0.2, 0.25) is 0 Å². The molecule has 0 aliphatic rings. The Morgan fingerprint density at radius 1 is 0.667 bits per heavy atom. The number of fused-ring (bicyclic) bond motifs is 2. The first-order chi connectivity index (χ1) is 24.6. The summed E-state index contributed by atoms with van der Waals surface area (Å²) < 4.78 is 0. The number of hydrogen-bond donors (Lipinski definition) is 9. The molecule has 2 heterocycles. The van der Waals surface area contributed by atoms with Crippen LogP contribution >= 0.6 is 0 Å². The molecule has 12 N–H and O–H groups in total. The molecule has 0 bridgehead atoms. The van der Waals surface area contributed by atoms with Crippen LogP contribution < -0.4 is 33.2 Å². The highest BCUT2D eigenvalue weighted by Gasteiger charge is 2.31. The highest BCUT2D eigenvalue weighted by molar-refractivity contribution is 5.95. The number of aliphatic carboxylic acids is 1. The Morgan fingerprint density at radius 2 is 1.18 bits per heavy atom. The molecule has 51 heavy (non-hydrogen) atoms. The first-order valence-electron chi connectivity index (χ1n) is 16.7. The maximum Gasteiger partial charge on any atom is 0.326 e. The van der Waals surface area contributed by atoms with Crippen LogP contribution in [0.25, 0.3) is 21.8 Å². The van der Waals surface area contributed by atoms with Crippen molar-refractivity contribution in [3.63, 3.8) is 0 Å². The van der Waals surface area contributed by atoms with Gasteiger partial charge in [-0.2, -0.15) is 0 Å². The van der Waals surface area contributed by atoms with Crippen molar-refractivity contribution in [2.75, 3.05) is 6.54 Å². The number of carbonyl (C=O) groups is 4. The molecule has 3 amide bonds. The quantitative estimate of drug-likeness (QED) is 0.0392. The molecule has 266 valence electrons. The van der Waals surface area contributed by atoms with Crippen LogP contribution in [-0.2, 0) is 38.4 Å². The number of aromatic amines is 2. The zero-order valence-electron chi connectivity index (χ0n) is 28.0. The minimum atomic E-state index is -1.30. The monoisotopic (exact) mass is 693 g/mol. The minimum Gasteiger partial charge on any atom is -0.480 e. The average molecular weight is 694 g/mol. The van der Waals surface area contributed by atoms with Gasteiger partial charge in [0.25, 0.3) is 0 Å². The van der Waals surface area contributed by atoms with Crippen molar-refractivity contribution in [1.29, 1.82) is 0 Å². The van der Waals surface area contributed by atoms with Gasteiger partial charge in [-0.3, -0.25) is 19.4 Å². The Hall–Kier alpha value is -6.15. The van der Waals surface area contributed by atoms with Gasteiger partial charge in [0, 0.05) is 53.6 Å². The van der Waals surface area contributed by atoms with E-state index in [2.05, 4.69) is 30.9 Å². The van der Waals surface area contributed by atoms with E-state index in [1.807, 2.05) is 78.9 Å². The highest BCUT2D eigenvalue weighted by Crippen LogP contribution is 2.21. The standard InChI is InChI=1S/C37H43N9O5/c38-27(17-22-9-2-1-3-10-22)33(47)45-31(18-23-20-42-28-13-6-4-11-25(23)28)35(49)44-30(15-8-16-41-37(39)40)34(48)46-32(36(50)51)19-24-21-43-29-14-7-5-12-26(24)29/h1-7,9-14,20-21,27,30-32,42-43H,8,15-19,38H2,(H,44,49)(H,45,47)(H,46,48)(H,50,51)(H4,39,40,41). The third-order valence-electron chi connectivity index (χ3n) is 8.66. The predicted octanol–water partition coefficient (Wildman–Crippen LogP) is 1.60. The molecule has 14 nitrogen and oxygen atoms in total. The normalized spacial score (nSPS) is 13.5. The third kappa shape index (κ3) is 9.73. The fourth-order valence-electron chi connectivity index (χ4n) is 6.01. The van der Waals surface area contributed by atoms with Crippen molar-refractivity contribution in [3.05, 3.63) is 108 Å². The lowest BCUT2D eigenvalue weighted by Crippen LogP contribution is -2.58. The van der Waals surface area contributed by atoms with Crippen LogP contribution in [0.3, 0.4) is 0 Å². The van der Waals surface area contributed by atoms with E-state index in [0.717, 1.165) is 32.9 Å². The molecule has 2 aromatic heterocycles. The minimum absolute atomic E-state index is 0.00168. The van der Waals surface area contributed by atoms with Crippen molar-refractivity contribution in [1.82, 2.24) is 25.9 Å². The maximum absolute atomic E-state index is 14.1. The van der Waals surface area contributed by atoms with E-state index < -0.39 is 47.9 Å². The first-order valence-corrected chi connectivity index (χ1v) is 16.7. The van der Waals surface area contributed by atoms with Gasteiger partial charge in [0.1, 0.15) is 18.1 Å². The number of amides is 3. The number of guanidine groups is 1. The van der Waals surface area contributed by atoms with Gasteiger partial charge in [0.05, 0.1) is 6.04 Å². The number of benzene rings is 3. The topological polar surface area (TPSA) is 247 Å². The number of aliphatic imine (C=N–C) groups is 1. The Bertz CT molecular complexity index is 2000. The summed E-state index contributed by atoms with van der Waals surface area (Å²) in [5, 5.41) is 20.0. The largest absolute Gasteiger partial charge is 0.480 e. The fourth-order valence-corrected chi connectivity index (χ4v) is 6.01. The van der Waals surface area contributed by atoms with E-state index in [1.54, 1.807) is 12.4 Å². The number of nitrogens with zero attached hydrogens (tertiary/aromatic N) is 1. The number of carbonyl (C=O) groups excluding carboxylic acids is 3. The number of carboxylic acid groups (broad SMARTS) is 1. The second-order valence-electron chi connectivity index (χ2n) is 12.4. The molecule has 5 rings (SSSR count). The highest BCUT2D eigenvalue weighted by atomic mass is 16.4. The number of aromatic nitrogens is 2. The smallest absolute Gasteiger partial charge is 0.326 e. The van der Waals surface area contributed by atoms with E-state index in [4.69, 9.17) is 17.2 Å². The molecule has 0 spiro atoms. The van der Waals surface area contributed by atoms with Gasteiger partial charge in [-0.05, 0) is 48.1 Å². The molecule has 0 saturated heterocycles. The molecule has 0 radical (unpaired) electrons. The lowest BCUT2D eigenvalue weighted by atomic mass is 10.0. The molecular weight excluding hydrogens is 650 g/mol. The Balaban J connectivity index is 1.36. The molecule has 5 aromatic rings. The lowest BCUT2D eigenvalue weighted by Gasteiger charge is -2.25. The van der Waals surface area contributed by atoms with Gasteiger partial charge in [-0.25, -0.2) is 4.79 Å². The van der Waals surface area contributed by atoms with Gasteiger partial charge in [0.15, 0.2) is 5.96 Å². The van der Waals surface area contributed by atoms with E-state index in [-0.39, 0.29) is 44.6 Å². The summed E-state index contributed by atoms with van der Waals surface area (Å²) in [7, 11) is 0. The summed E-state index contributed by atoms with van der Waals surface area (Å²) in [4.78, 5) is 63.9. The second-order valence-corrected chi connectivity index (χ2v) is 12.4.